The quantitative estimate of drug-likeness (QED) is 0.350. The van der Waals surface area contributed by atoms with E-state index >= 15 is 0 Å². The van der Waals surface area contributed by atoms with Gasteiger partial charge in [-0.1, -0.05) is 42.8 Å². The molecule has 1 saturated heterocycles. The van der Waals surface area contributed by atoms with Crippen LogP contribution >= 0.6 is 37.2 Å². The van der Waals surface area contributed by atoms with E-state index in [-0.39, 0.29) is 49.2 Å². The van der Waals surface area contributed by atoms with E-state index in [4.69, 9.17) is 4.98 Å². The van der Waals surface area contributed by atoms with Crippen molar-refractivity contribution in [2.75, 3.05) is 37.6 Å². The molecule has 1 unspecified atom stereocenters. The molecule has 0 saturated carbocycles. The number of anilines is 1. The van der Waals surface area contributed by atoms with Crippen LogP contribution in [0.25, 0.3) is 11.0 Å². The van der Waals surface area contributed by atoms with Gasteiger partial charge in [0.1, 0.15) is 0 Å². The van der Waals surface area contributed by atoms with Gasteiger partial charge in [0.2, 0.25) is 11.9 Å². The zero-order valence-corrected chi connectivity index (χ0v) is 23.1. The number of carbonyl (C=O) groups is 1. The number of aryl methyl sites for hydroxylation is 1. The maximum absolute atomic E-state index is 12.5. The van der Waals surface area contributed by atoms with Crippen molar-refractivity contribution < 1.29 is 4.79 Å². The van der Waals surface area contributed by atoms with Crippen molar-refractivity contribution in [1.82, 2.24) is 20.2 Å². The number of para-hydroxylation sites is 2. The highest BCUT2D eigenvalue weighted by Crippen LogP contribution is 2.29. The molecule has 9 heteroatoms. The number of rotatable bonds is 8. The molecule has 36 heavy (non-hydrogen) atoms. The molecule has 5 rings (SSSR count). The highest BCUT2D eigenvalue weighted by molar-refractivity contribution is 5.86. The summed E-state index contributed by atoms with van der Waals surface area (Å²) in [6.45, 7) is 5.26. The number of hydrogen-bond donors (Lipinski definition) is 2. The number of fused-ring (bicyclic) bond motifs is 2. The van der Waals surface area contributed by atoms with Crippen LogP contribution in [0.5, 0.6) is 0 Å². The predicted octanol–water partition coefficient (Wildman–Crippen LogP) is 5.70. The van der Waals surface area contributed by atoms with Gasteiger partial charge in [0.15, 0.2) is 0 Å². The molecule has 198 valence electrons. The van der Waals surface area contributed by atoms with E-state index in [0.29, 0.717) is 6.42 Å². The molecule has 0 bridgehead atoms. The normalized spacial score (nSPS) is 17.3. The highest BCUT2D eigenvalue weighted by Gasteiger charge is 2.21. The zero-order chi connectivity index (χ0) is 22.5. The number of amides is 1. The van der Waals surface area contributed by atoms with Gasteiger partial charge in [-0.25, -0.2) is 4.98 Å². The van der Waals surface area contributed by atoms with Crippen molar-refractivity contribution in [2.45, 2.75) is 51.0 Å². The second kappa shape index (κ2) is 14.7. The van der Waals surface area contributed by atoms with E-state index < -0.39 is 0 Å². The number of unbranched alkanes of at least 4 members (excludes halogenated alkanes) is 2. The Bertz CT molecular complexity index is 1050. The molecule has 0 radical (unpaired) electrons. The number of H-pyrrole nitrogens is 1. The highest BCUT2D eigenvalue weighted by atomic mass is 35.5. The number of carbonyl (C=O) groups excluding carboxylic acids is 1. The van der Waals surface area contributed by atoms with Gasteiger partial charge < -0.3 is 15.2 Å². The number of nitrogens with one attached hydrogen (secondary N) is 2. The second-order valence-electron chi connectivity index (χ2n) is 9.43. The van der Waals surface area contributed by atoms with Gasteiger partial charge >= 0.3 is 0 Å². The lowest BCUT2D eigenvalue weighted by Crippen LogP contribution is -2.47. The van der Waals surface area contributed by atoms with E-state index in [1.165, 1.54) is 11.1 Å². The lowest BCUT2D eigenvalue weighted by atomic mass is 9.87. The topological polar surface area (TPSA) is 64.3 Å². The third-order valence-electron chi connectivity index (χ3n) is 7.13. The third-order valence-corrected chi connectivity index (χ3v) is 7.13. The molecular formula is C27H38Cl3N5O. The Hall–Kier alpha value is -1.99. The van der Waals surface area contributed by atoms with Crippen LogP contribution < -0.4 is 10.2 Å². The van der Waals surface area contributed by atoms with Gasteiger partial charge in [-0.3, -0.25) is 9.69 Å². The number of aromatic nitrogens is 2. The van der Waals surface area contributed by atoms with Crippen molar-refractivity contribution in [3.8, 4) is 0 Å². The Morgan fingerprint density at radius 3 is 2.50 bits per heavy atom. The molecule has 3 aromatic rings. The lowest BCUT2D eigenvalue weighted by Gasteiger charge is -2.34. The summed E-state index contributed by atoms with van der Waals surface area (Å²) >= 11 is 0. The number of hydrogen-bond acceptors (Lipinski definition) is 4. The van der Waals surface area contributed by atoms with E-state index in [9.17, 15) is 4.79 Å². The third kappa shape index (κ3) is 7.51. The number of aromatic amines is 1. The minimum atomic E-state index is 0. The Labute approximate surface area is 232 Å². The Morgan fingerprint density at radius 2 is 1.69 bits per heavy atom. The first-order valence-corrected chi connectivity index (χ1v) is 12.6. The summed E-state index contributed by atoms with van der Waals surface area (Å²) in [6.07, 6.45) is 7.23. The summed E-state index contributed by atoms with van der Waals surface area (Å²) in [7, 11) is 0. The first-order valence-electron chi connectivity index (χ1n) is 12.6. The maximum Gasteiger partial charge on any atom is 0.220 e. The fraction of sp³-hybridized carbons (Fsp3) is 0.481. The molecule has 1 atom stereocenters. The van der Waals surface area contributed by atoms with Crippen molar-refractivity contribution in [3.05, 3.63) is 59.7 Å². The van der Waals surface area contributed by atoms with Crippen LogP contribution in [-0.4, -0.2) is 53.5 Å². The first-order chi connectivity index (χ1) is 16.3. The number of benzene rings is 2. The number of nitrogens with zero attached hydrogens (tertiary/aromatic N) is 3. The molecule has 0 spiro atoms. The summed E-state index contributed by atoms with van der Waals surface area (Å²) in [5.41, 5.74) is 4.85. The van der Waals surface area contributed by atoms with Crippen molar-refractivity contribution in [3.63, 3.8) is 0 Å². The monoisotopic (exact) mass is 553 g/mol. The van der Waals surface area contributed by atoms with Crippen LogP contribution in [0.4, 0.5) is 5.95 Å². The fourth-order valence-corrected chi connectivity index (χ4v) is 5.24. The van der Waals surface area contributed by atoms with Gasteiger partial charge in [-0.15, -0.1) is 37.2 Å². The summed E-state index contributed by atoms with van der Waals surface area (Å²) in [4.78, 5) is 25.6. The average Bonchev–Trinajstić information content (AvgIpc) is 3.29. The van der Waals surface area contributed by atoms with E-state index in [1.54, 1.807) is 0 Å². The van der Waals surface area contributed by atoms with Crippen LogP contribution in [0, 0.1) is 0 Å². The van der Waals surface area contributed by atoms with Crippen molar-refractivity contribution in [1.29, 1.82) is 0 Å². The summed E-state index contributed by atoms with van der Waals surface area (Å²) in [5, 5.41) is 3.28. The Kier molecular flexibility index (Phi) is 12.3. The molecule has 6 nitrogen and oxygen atoms in total. The molecule has 2 aromatic carbocycles. The second-order valence-corrected chi connectivity index (χ2v) is 9.43. The number of imidazole rings is 1. The van der Waals surface area contributed by atoms with Gasteiger partial charge in [0.25, 0.3) is 0 Å². The van der Waals surface area contributed by atoms with E-state index in [1.807, 2.05) is 12.1 Å². The minimum absolute atomic E-state index is 0. The zero-order valence-electron chi connectivity index (χ0n) is 20.7. The molecule has 1 fully saturated rings. The molecule has 2 aliphatic rings. The molecule has 1 amide bonds. The van der Waals surface area contributed by atoms with Gasteiger partial charge in [0.05, 0.1) is 17.1 Å². The number of piperazine rings is 1. The summed E-state index contributed by atoms with van der Waals surface area (Å²) in [5.74, 6) is 1.19. The molecule has 1 aromatic heterocycles. The van der Waals surface area contributed by atoms with E-state index in [0.717, 1.165) is 88.2 Å². The molecule has 2 heterocycles. The minimum Gasteiger partial charge on any atom is -0.349 e. The summed E-state index contributed by atoms with van der Waals surface area (Å²) < 4.78 is 0. The van der Waals surface area contributed by atoms with Crippen LogP contribution in [-0.2, 0) is 11.2 Å². The Balaban J connectivity index is 0.00000152. The molecular weight excluding hydrogens is 517 g/mol. The maximum atomic E-state index is 12.5. The van der Waals surface area contributed by atoms with E-state index in [2.05, 4.69) is 56.5 Å². The predicted molar refractivity (Wildman–Crippen MR) is 155 cm³/mol. The first kappa shape index (κ1) is 30.2. The largest absolute Gasteiger partial charge is 0.349 e. The molecule has 1 aliphatic carbocycles. The lowest BCUT2D eigenvalue weighted by molar-refractivity contribution is -0.122. The van der Waals surface area contributed by atoms with Crippen molar-refractivity contribution in [2.24, 2.45) is 0 Å². The Morgan fingerprint density at radius 1 is 0.944 bits per heavy atom. The standard InChI is InChI=1S/C27H35N5O.3ClH/c33-26(28-23-14-8-10-21-9-3-4-11-22(21)23)15-2-1-7-16-31-17-19-32(20-18-31)27-29-24-12-5-6-13-25(24)30-27;;;/h3-6,9,11-13,23H,1-2,7-8,10,14-20H2,(H,28,33)(H,29,30);3*1H. The average molecular weight is 555 g/mol. The van der Waals surface area contributed by atoms with Gasteiger partial charge in [-0.2, -0.15) is 0 Å². The van der Waals surface area contributed by atoms with Crippen LogP contribution in [0.3, 0.4) is 0 Å². The van der Waals surface area contributed by atoms with Crippen molar-refractivity contribution >= 4 is 60.1 Å². The van der Waals surface area contributed by atoms with Crippen LogP contribution in [0.15, 0.2) is 48.5 Å². The smallest absolute Gasteiger partial charge is 0.220 e. The van der Waals surface area contributed by atoms with Crippen LogP contribution in [0.1, 0.15) is 55.7 Å². The SMILES string of the molecule is Cl.Cl.Cl.O=C(CCCCCN1CCN(c2nc3ccccc3[nH]2)CC1)NC1CCCc2ccccc21. The summed E-state index contributed by atoms with van der Waals surface area (Å²) in [6, 6.07) is 17.0. The molecule has 1 aliphatic heterocycles. The van der Waals surface area contributed by atoms with Gasteiger partial charge in [-0.05, 0) is 61.9 Å². The molecule has 2 N–H and O–H groups in total. The fourth-order valence-electron chi connectivity index (χ4n) is 5.24. The van der Waals surface area contributed by atoms with Crippen LogP contribution in [0.2, 0.25) is 0 Å². The van der Waals surface area contributed by atoms with Gasteiger partial charge in [0, 0.05) is 32.6 Å². The number of halogens is 3.